The Labute approximate surface area is 83.1 Å². The maximum Gasteiger partial charge on any atom is 0.316 e. The number of carbonyl (C=O) groups is 1. The van der Waals surface area contributed by atoms with Gasteiger partial charge in [0.05, 0.1) is 6.61 Å². The maximum absolute atomic E-state index is 11.4. The topological polar surface area (TPSA) is 57.0 Å². The molecule has 0 N–H and O–H groups in total. The van der Waals surface area contributed by atoms with Gasteiger partial charge in [0.25, 0.3) is 0 Å². The van der Waals surface area contributed by atoms with Crippen molar-refractivity contribution in [2.75, 3.05) is 6.61 Å². The molecule has 1 atom stereocenters. The first-order valence-electron chi connectivity index (χ1n) is 4.60. The summed E-state index contributed by atoms with van der Waals surface area (Å²) in [6.45, 7) is 5.73. The summed E-state index contributed by atoms with van der Waals surface area (Å²) in [5.74, 6) is 0.684. The third kappa shape index (κ3) is 2.10. The quantitative estimate of drug-likeness (QED) is 0.672. The minimum atomic E-state index is -0.360. The Bertz CT molecular complexity index is 333. The van der Waals surface area contributed by atoms with Crippen molar-refractivity contribution in [2.24, 2.45) is 7.05 Å². The van der Waals surface area contributed by atoms with E-state index in [-0.39, 0.29) is 11.9 Å². The van der Waals surface area contributed by atoms with Crippen LogP contribution in [0.25, 0.3) is 0 Å². The van der Waals surface area contributed by atoms with Crippen LogP contribution in [0.4, 0.5) is 0 Å². The van der Waals surface area contributed by atoms with Crippen LogP contribution in [-0.4, -0.2) is 27.3 Å². The third-order valence-electron chi connectivity index (χ3n) is 1.93. The first-order valence-corrected chi connectivity index (χ1v) is 4.60. The Balaban J connectivity index is 2.83. The van der Waals surface area contributed by atoms with Crippen molar-refractivity contribution >= 4 is 5.97 Å². The molecule has 78 valence electrons. The summed E-state index contributed by atoms with van der Waals surface area (Å²) in [7, 11) is 1.77. The highest BCUT2D eigenvalue weighted by Crippen LogP contribution is 2.13. The lowest BCUT2D eigenvalue weighted by Crippen LogP contribution is -2.16. The Morgan fingerprint density at radius 1 is 1.64 bits per heavy atom. The number of rotatable bonds is 3. The zero-order valence-corrected chi connectivity index (χ0v) is 8.94. The molecule has 1 unspecified atom stereocenters. The second-order valence-corrected chi connectivity index (χ2v) is 3.11. The molecule has 0 fully saturated rings. The second kappa shape index (κ2) is 4.21. The van der Waals surface area contributed by atoms with E-state index in [0.717, 1.165) is 0 Å². The number of nitrogens with zero attached hydrogens (tertiary/aromatic N) is 3. The summed E-state index contributed by atoms with van der Waals surface area (Å²) in [6, 6.07) is 0. The van der Waals surface area contributed by atoms with Gasteiger partial charge in [-0.15, -0.1) is 0 Å². The Kier molecular flexibility index (Phi) is 3.22. The predicted molar refractivity (Wildman–Crippen MR) is 50.8 cm³/mol. The molecule has 5 heteroatoms. The van der Waals surface area contributed by atoms with Crippen molar-refractivity contribution in [3.63, 3.8) is 0 Å². The van der Waals surface area contributed by atoms with E-state index < -0.39 is 0 Å². The Morgan fingerprint density at radius 2 is 2.29 bits per heavy atom. The highest BCUT2D eigenvalue weighted by Gasteiger charge is 2.21. The van der Waals surface area contributed by atoms with Crippen LogP contribution in [0.1, 0.15) is 31.4 Å². The fourth-order valence-corrected chi connectivity index (χ4v) is 1.28. The molecule has 1 aromatic heterocycles. The molecule has 0 aromatic carbocycles. The molecule has 5 nitrogen and oxygen atoms in total. The van der Waals surface area contributed by atoms with E-state index in [9.17, 15) is 4.79 Å². The summed E-state index contributed by atoms with van der Waals surface area (Å²) in [5.41, 5.74) is 0. The largest absolute Gasteiger partial charge is 0.465 e. The van der Waals surface area contributed by atoms with E-state index in [0.29, 0.717) is 18.3 Å². The number of ether oxygens (including phenoxy) is 1. The molecular weight excluding hydrogens is 182 g/mol. The number of hydrogen-bond acceptors (Lipinski definition) is 4. The normalized spacial score (nSPS) is 12.6. The number of aromatic nitrogens is 3. The van der Waals surface area contributed by atoms with Crippen molar-refractivity contribution in [3.05, 3.63) is 11.6 Å². The first-order chi connectivity index (χ1) is 6.56. The fraction of sp³-hybridized carbons (Fsp3) is 0.667. The molecular formula is C9H15N3O2. The van der Waals surface area contributed by atoms with E-state index in [1.807, 2.05) is 0 Å². The molecule has 0 radical (unpaired) electrons. The Morgan fingerprint density at radius 3 is 2.71 bits per heavy atom. The lowest BCUT2D eigenvalue weighted by Gasteiger charge is -2.08. The molecule has 0 amide bonds. The molecule has 1 rings (SSSR count). The van der Waals surface area contributed by atoms with Gasteiger partial charge in [-0.2, -0.15) is 5.10 Å². The minimum Gasteiger partial charge on any atom is -0.465 e. The molecule has 0 aliphatic heterocycles. The van der Waals surface area contributed by atoms with Gasteiger partial charge in [0.15, 0.2) is 0 Å². The van der Waals surface area contributed by atoms with Gasteiger partial charge in [-0.05, 0) is 20.8 Å². The van der Waals surface area contributed by atoms with Gasteiger partial charge in [-0.1, -0.05) is 0 Å². The SMILES string of the molecule is CCOC(=O)C(C)c1nc(C)nn1C. The van der Waals surface area contributed by atoms with Crippen LogP contribution in [0, 0.1) is 6.92 Å². The Hall–Kier alpha value is -1.39. The van der Waals surface area contributed by atoms with Crippen molar-refractivity contribution in [1.82, 2.24) is 14.8 Å². The van der Waals surface area contributed by atoms with E-state index in [2.05, 4.69) is 10.1 Å². The zero-order chi connectivity index (χ0) is 10.7. The summed E-state index contributed by atoms with van der Waals surface area (Å²) in [6.07, 6.45) is 0. The average molecular weight is 197 g/mol. The highest BCUT2D eigenvalue weighted by atomic mass is 16.5. The van der Waals surface area contributed by atoms with E-state index >= 15 is 0 Å². The van der Waals surface area contributed by atoms with Gasteiger partial charge in [0.1, 0.15) is 17.6 Å². The van der Waals surface area contributed by atoms with Gasteiger partial charge >= 0.3 is 5.97 Å². The molecule has 1 aromatic rings. The highest BCUT2D eigenvalue weighted by molar-refractivity contribution is 5.76. The van der Waals surface area contributed by atoms with Crippen LogP contribution >= 0.6 is 0 Å². The van der Waals surface area contributed by atoms with Crippen molar-refractivity contribution < 1.29 is 9.53 Å². The van der Waals surface area contributed by atoms with E-state index in [1.54, 1.807) is 32.5 Å². The first kappa shape index (κ1) is 10.7. The van der Waals surface area contributed by atoms with Crippen LogP contribution in [-0.2, 0) is 16.6 Å². The van der Waals surface area contributed by atoms with Crippen LogP contribution in [0.2, 0.25) is 0 Å². The molecule has 0 bridgehead atoms. The lowest BCUT2D eigenvalue weighted by atomic mass is 10.2. The van der Waals surface area contributed by atoms with Crippen molar-refractivity contribution in [2.45, 2.75) is 26.7 Å². The second-order valence-electron chi connectivity index (χ2n) is 3.11. The monoisotopic (exact) mass is 197 g/mol. The average Bonchev–Trinajstić information content (AvgIpc) is 2.44. The van der Waals surface area contributed by atoms with E-state index in [1.165, 1.54) is 0 Å². The van der Waals surface area contributed by atoms with Gasteiger partial charge in [-0.25, -0.2) is 4.98 Å². The van der Waals surface area contributed by atoms with Crippen molar-refractivity contribution in [1.29, 1.82) is 0 Å². The molecule has 0 spiro atoms. The molecule has 1 heterocycles. The molecule has 14 heavy (non-hydrogen) atoms. The molecule has 0 saturated carbocycles. The van der Waals surface area contributed by atoms with Crippen molar-refractivity contribution in [3.8, 4) is 0 Å². The van der Waals surface area contributed by atoms with Crippen LogP contribution in [0.15, 0.2) is 0 Å². The standard InChI is InChI=1S/C9H15N3O2/c1-5-14-9(13)6(2)8-10-7(3)11-12(8)4/h6H,5H2,1-4H3. The number of hydrogen-bond donors (Lipinski definition) is 0. The summed E-state index contributed by atoms with van der Waals surface area (Å²) < 4.78 is 6.51. The smallest absolute Gasteiger partial charge is 0.316 e. The summed E-state index contributed by atoms with van der Waals surface area (Å²) in [5, 5.41) is 4.07. The summed E-state index contributed by atoms with van der Waals surface area (Å²) in [4.78, 5) is 15.6. The lowest BCUT2D eigenvalue weighted by molar-refractivity contribution is -0.144. The maximum atomic E-state index is 11.4. The minimum absolute atomic E-state index is 0.261. The van der Waals surface area contributed by atoms with Crippen LogP contribution in [0.3, 0.4) is 0 Å². The van der Waals surface area contributed by atoms with Gasteiger partial charge in [0, 0.05) is 7.05 Å². The van der Waals surface area contributed by atoms with Crippen LogP contribution < -0.4 is 0 Å². The third-order valence-corrected chi connectivity index (χ3v) is 1.93. The molecule has 0 saturated heterocycles. The predicted octanol–water partition coefficient (Wildman–Crippen LogP) is 0.790. The number of aryl methyl sites for hydroxylation is 2. The zero-order valence-electron chi connectivity index (χ0n) is 8.94. The van der Waals surface area contributed by atoms with Gasteiger partial charge < -0.3 is 4.74 Å². The fourth-order valence-electron chi connectivity index (χ4n) is 1.28. The van der Waals surface area contributed by atoms with Gasteiger partial charge in [-0.3, -0.25) is 9.48 Å². The number of esters is 1. The molecule has 0 aliphatic carbocycles. The molecule has 0 aliphatic rings. The summed E-state index contributed by atoms with van der Waals surface area (Å²) >= 11 is 0. The van der Waals surface area contributed by atoms with E-state index in [4.69, 9.17) is 4.74 Å². The number of carbonyl (C=O) groups excluding carboxylic acids is 1. The van der Waals surface area contributed by atoms with Gasteiger partial charge in [0.2, 0.25) is 0 Å². The van der Waals surface area contributed by atoms with Crippen LogP contribution in [0.5, 0.6) is 0 Å².